The Morgan fingerprint density at radius 2 is 2.05 bits per heavy atom. The quantitative estimate of drug-likeness (QED) is 0.765. The molecule has 0 saturated heterocycles. The number of rotatable bonds is 5. The lowest BCUT2D eigenvalue weighted by molar-refractivity contribution is 0.439. The highest BCUT2D eigenvalue weighted by atomic mass is 79.9. The third kappa shape index (κ3) is 3.53. The van der Waals surface area contributed by atoms with E-state index in [0.29, 0.717) is 12.5 Å². The Kier molecular flexibility index (Phi) is 5.47. The molecular formula is C12H12BrF2NO2S. The molecule has 0 aromatic heterocycles. The summed E-state index contributed by atoms with van der Waals surface area (Å²) < 4.78 is 52.1. The van der Waals surface area contributed by atoms with Gasteiger partial charge in [-0.25, -0.2) is 17.2 Å². The monoisotopic (exact) mass is 351 g/mol. The van der Waals surface area contributed by atoms with Gasteiger partial charge in [-0.1, -0.05) is 12.8 Å². The van der Waals surface area contributed by atoms with E-state index in [4.69, 9.17) is 6.42 Å². The maximum absolute atomic E-state index is 13.7. The molecule has 0 unspecified atom stereocenters. The second kappa shape index (κ2) is 6.46. The molecule has 0 aliphatic heterocycles. The minimum atomic E-state index is -4.10. The fourth-order valence-electron chi connectivity index (χ4n) is 1.54. The smallest absolute Gasteiger partial charge is 0.207 e. The molecule has 19 heavy (non-hydrogen) atoms. The van der Waals surface area contributed by atoms with Gasteiger partial charge < -0.3 is 0 Å². The molecule has 0 spiro atoms. The molecule has 0 atom stereocenters. The van der Waals surface area contributed by atoms with E-state index in [-0.39, 0.29) is 17.6 Å². The molecule has 1 aromatic carbocycles. The molecule has 0 aliphatic rings. The number of hydrogen-bond donors (Lipinski definition) is 0. The fourth-order valence-corrected chi connectivity index (χ4v) is 4.10. The van der Waals surface area contributed by atoms with E-state index in [0.717, 1.165) is 10.4 Å². The number of nitrogens with zero attached hydrogens (tertiary/aromatic N) is 1. The van der Waals surface area contributed by atoms with Crippen LogP contribution in [0, 0.1) is 24.0 Å². The van der Waals surface area contributed by atoms with Crippen molar-refractivity contribution in [2.24, 2.45) is 0 Å². The minimum absolute atomic E-state index is 0.162. The van der Waals surface area contributed by atoms with E-state index in [2.05, 4.69) is 21.9 Å². The molecule has 0 amide bonds. The van der Waals surface area contributed by atoms with Crippen LogP contribution in [0.2, 0.25) is 0 Å². The van der Waals surface area contributed by atoms with Crippen molar-refractivity contribution in [1.29, 1.82) is 0 Å². The van der Waals surface area contributed by atoms with Crippen LogP contribution in [0.3, 0.4) is 0 Å². The number of terminal acetylenes is 1. The van der Waals surface area contributed by atoms with Crippen LogP contribution in [0.5, 0.6) is 0 Å². The summed E-state index contributed by atoms with van der Waals surface area (Å²) in [5, 5.41) is 0. The van der Waals surface area contributed by atoms with Crippen molar-refractivity contribution in [3.05, 3.63) is 28.2 Å². The fraction of sp³-hybridized carbons (Fsp3) is 0.333. The molecule has 0 heterocycles. The standard InChI is InChI=1S/C12H12BrF2NO2S/c1-3-5-16(6-4-2)19(17,18)12-10(13)7-9(14)8-11(12)15/h1,7-8H,4-6H2,2H3. The van der Waals surface area contributed by atoms with Crippen LogP contribution in [0.4, 0.5) is 8.78 Å². The number of halogens is 3. The van der Waals surface area contributed by atoms with Gasteiger partial charge in [0.2, 0.25) is 10.0 Å². The predicted octanol–water partition coefficient (Wildman–Crippen LogP) is 2.76. The van der Waals surface area contributed by atoms with Gasteiger partial charge in [-0.15, -0.1) is 6.42 Å². The summed E-state index contributed by atoms with van der Waals surface area (Å²) in [7, 11) is -4.10. The molecule has 104 valence electrons. The molecule has 0 saturated carbocycles. The van der Waals surface area contributed by atoms with Crippen LogP contribution >= 0.6 is 15.9 Å². The molecule has 1 aromatic rings. The Hall–Kier alpha value is -0.970. The van der Waals surface area contributed by atoms with Crippen LogP contribution in [0.1, 0.15) is 13.3 Å². The van der Waals surface area contributed by atoms with E-state index >= 15 is 0 Å². The van der Waals surface area contributed by atoms with Gasteiger partial charge in [0.15, 0.2) is 0 Å². The van der Waals surface area contributed by atoms with Crippen molar-refractivity contribution >= 4 is 26.0 Å². The van der Waals surface area contributed by atoms with E-state index < -0.39 is 26.6 Å². The van der Waals surface area contributed by atoms with Crippen molar-refractivity contribution in [1.82, 2.24) is 4.31 Å². The van der Waals surface area contributed by atoms with Crippen LogP contribution in [-0.4, -0.2) is 25.8 Å². The van der Waals surface area contributed by atoms with Gasteiger partial charge in [0.25, 0.3) is 0 Å². The molecule has 0 fully saturated rings. The Morgan fingerprint density at radius 1 is 1.42 bits per heavy atom. The van der Waals surface area contributed by atoms with Crippen molar-refractivity contribution < 1.29 is 17.2 Å². The molecule has 7 heteroatoms. The maximum Gasteiger partial charge on any atom is 0.248 e. The zero-order valence-corrected chi connectivity index (χ0v) is 12.6. The van der Waals surface area contributed by atoms with Crippen LogP contribution < -0.4 is 0 Å². The highest BCUT2D eigenvalue weighted by Crippen LogP contribution is 2.28. The molecule has 3 nitrogen and oxygen atoms in total. The molecular weight excluding hydrogens is 340 g/mol. The van der Waals surface area contributed by atoms with E-state index in [1.807, 2.05) is 0 Å². The van der Waals surface area contributed by atoms with Crippen LogP contribution in [0.25, 0.3) is 0 Å². The van der Waals surface area contributed by atoms with Gasteiger partial charge in [0, 0.05) is 17.1 Å². The second-order valence-electron chi connectivity index (χ2n) is 3.74. The Balaban J connectivity index is 3.38. The van der Waals surface area contributed by atoms with Gasteiger partial charge in [-0.05, 0) is 28.4 Å². The van der Waals surface area contributed by atoms with E-state index in [9.17, 15) is 17.2 Å². The highest BCUT2D eigenvalue weighted by Gasteiger charge is 2.29. The zero-order chi connectivity index (χ0) is 14.6. The third-order valence-corrected chi connectivity index (χ3v) is 5.11. The SMILES string of the molecule is C#CCN(CCC)S(=O)(=O)c1c(F)cc(F)cc1Br. The third-order valence-electron chi connectivity index (χ3n) is 2.30. The number of hydrogen-bond acceptors (Lipinski definition) is 2. The molecule has 1 rings (SSSR count). The van der Waals surface area contributed by atoms with Gasteiger partial charge in [-0.3, -0.25) is 0 Å². The van der Waals surface area contributed by atoms with Crippen LogP contribution in [0.15, 0.2) is 21.5 Å². The first-order valence-electron chi connectivity index (χ1n) is 5.42. The highest BCUT2D eigenvalue weighted by molar-refractivity contribution is 9.10. The molecule has 0 radical (unpaired) electrons. The second-order valence-corrected chi connectivity index (χ2v) is 6.47. The normalized spacial score (nSPS) is 11.6. The lowest BCUT2D eigenvalue weighted by atomic mass is 10.3. The Labute approximate surface area is 119 Å². The predicted molar refractivity (Wildman–Crippen MR) is 71.9 cm³/mol. The lowest BCUT2D eigenvalue weighted by Gasteiger charge is -2.20. The summed E-state index contributed by atoms with van der Waals surface area (Å²) >= 11 is 2.87. The Morgan fingerprint density at radius 3 is 2.53 bits per heavy atom. The first-order chi connectivity index (χ1) is 8.84. The summed E-state index contributed by atoms with van der Waals surface area (Å²) in [6.45, 7) is 1.77. The number of benzene rings is 1. The molecule has 0 N–H and O–H groups in total. The molecule has 0 aliphatic carbocycles. The summed E-state index contributed by atoms with van der Waals surface area (Å²) in [4.78, 5) is -0.599. The topological polar surface area (TPSA) is 37.4 Å². The largest absolute Gasteiger partial charge is 0.248 e. The van der Waals surface area contributed by atoms with E-state index in [1.165, 1.54) is 0 Å². The van der Waals surface area contributed by atoms with Crippen molar-refractivity contribution in [3.63, 3.8) is 0 Å². The average Bonchev–Trinajstić information content (AvgIpc) is 2.26. The summed E-state index contributed by atoms with van der Waals surface area (Å²) in [5.41, 5.74) is 0. The minimum Gasteiger partial charge on any atom is -0.207 e. The van der Waals surface area contributed by atoms with E-state index in [1.54, 1.807) is 6.92 Å². The van der Waals surface area contributed by atoms with Crippen molar-refractivity contribution in [2.45, 2.75) is 18.2 Å². The lowest BCUT2D eigenvalue weighted by Crippen LogP contribution is -2.33. The summed E-state index contributed by atoms with van der Waals surface area (Å²) in [6, 6.07) is 1.42. The zero-order valence-electron chi connectivity index (χ0n) is 10.2. The van der Waals surface area contributed by atoms with Gasteiger partial charge >= 0.3 is 0 Å². The van der Waals surface area contributed by atoms with Crippen LogP contribution in [-0.2, 0) is 10.0 Å². The maximum atomic E-state index is 13.7. The van der Waals surface area contributed by atoms with Gasteiger partial charge in [0.1, 0.15) is 16.5 Å². The van der Waals surface area contributed by atoms with Crippen molar-refractivity contribution in [2.75, 3.05) is 13.1 Å². The first kappa shape index (κ1) is 16.1. The number of sulfonamides is 1. The van der Waals surface area contributed by atoms with Crippen molar-refractivity contribution in [3.8, 4) is 12.3 Å². The average molecular weight is 352 g/mol. The Bertz CT molecular complexity index is 588. The summed E-state index contributed by atoms with van der Waals surface area (Å²) in [5.74, 6) is 0.207. The summed E-state index contributed by atoms with van der Waals surface area (Å²) in [6.07, 6.45) is 5.64. The van der Waals surface area contributed by atoms with Gasteiger partial charge in [0.05, 0.1) is 6.54 Å². The molecule has 0 bridgehead atoms. The van der Waals surface area contributed by atoms with Gasteiger partial charge in [-0.2, -0.15) is 4.31 Å². The first-order valence-corrected chi connectivity index (χ1v) is 7.66.